The maximum Gasteiger partial charge on any atom is 0.323 e. The lowest BCUT2D eigenvalue weighted by molar-refractivity contribution is 0.122. The van der Waals surface area contributed by atoms with Crippen LogP contribution in [0.4, 0.5) is 19.4 Å². The molecule has 2 aromatic rings. The number of amides is 2. The van der Waals surface area contributed by atoms with Crippen LogP contribution in [0.3, 0.4) is 0 Å². The molecule has 128 valence electrons. The molecule has 1 aliphatic heterocycles. The third-order valence-electron chi connectivity index (χ3n) is 4.14. The summed E-state index contributed by atoms with van der Waals surface area (Å²) in [6, 6.07) is 9.45. The molecule has 3 rings (SSSR count). The van der Waals surface area contributed by atoms with Gasteiger partial charge in [0.2, 0.25) is 0 Å². The maximum atomic E-state index is 12.5. The van der Waals surface area contributed by atoms with Gasteiger partial charge in [-0.1, -0.05) is 29.8 Å². The summed E-state index contributed by atoms with van der Waals surface area (Å²) >= 11 is 0. The van der Waals surface area contributed by atoms with Crippen molar-refractivity contribution in [1.29, 1.82) is 0 Å². The Balaban J connectivity index is 1.68. The largest absolute Gasteiger partial charge is 0.323 e. The van der Waals surface area contributed by atoms with Gasteiger partial charge in [0.1, 0.15) is 6.54 Å². The number of anilines is 1. The molecule has 1 aromatic carbocycles. The molecule has 1 unspecified atom stereocenters. The molecule has 7 heteroatoms. The first-order chi connectivity index (χ1) is 11.5. The standard InChI is InChI=1S/C17H20F2N4O/c1-12-4-2-5-13(10-12)14-6-3-8-23(14)17(24)20-16-7-9-22(21-16)11-15(18)19/h2,4-5,7,9-10,14-15H,3,6,8,11H2,1H3,(H,20,21,24). The Kier molecular flexibility index (Phi) is 4.78. The van der Waals surface area contributed by atoms with Crippen molar-refractivity contribution in [2.75, 3.05) is 11.9 Å². The van der Waals surface area contributed by atoms with Gasteiger partial charge in [0.05, 0.1) is 6.04 Å². The number of aromatic nitrogens is 2. The average Bonchev–Trinajstić information content (AvgIpc) is 3.16. The van der Waals surface area contributed by atoms with Gasteiger partial charge in [0.15, 0.2) is 5.82 Å². The van der Waals surface area contributed by atoms with Gasteiger partial charge in [0, 0.05) is 18.8 Å². The van der Waals surface area contributed by atoms with Gasteiger partial charge >= 0.3 is 6.03 Å². The summed E-state index contributed by atoms with van der Waals surface area (Å²) in [5.41, 5.74) is 2.27. The van der Waals surface area contributed by atoms with Crippen molar-refractivity contribution < 1.29 is 13.6 Å². The fourth-order valence-corrected chi connectivity index (χ4v) is 3.09. The van der Waals surface area contributed by atoms with Gasteiger partial charge in [-0.25, -0.2) is 13.6 Å². The van der Waals surface area contributed by atoms with Crippen molar-refractivity contribution in [1.82, 2.24) is 14.7 Å². The summed E-state index contributed by atoms with van der Waals surface area (Å²) in [6.07, 6.45) is 0.810. The Bertz CT molecular complexity index is 716. The quantitative estimate of drug-likeness (QED) is 0.924. The van der Waals surface area contributed by atoms with E-state index in [0.29, 0.717) is 6.54 Å². The number of hydrogen-bond acceptors (Lipinski definition) is 2. The van der Waals surface area contributed by atoms with E-state index in [2.05, 4.69) is 16.5 Å². The van der Waals surface area contributed by atoms with Gasteiger partial charge < -0.3 is 4.90 Å². The zero-order valence-corrected chi connectivity index (χ0v) is 13.5. The number of nitrogens with zero attached hydrogens (tertiary/aromatic N) is 3. The van der Waals surface area contributed by atoms with E-state index in [4.69, 9.17) is 0 Å². The third-order valence-corrected chi connectivity index (χ3v) is 4.14. The summed E-state index contributed by atoms with van der Waals surface area (Å²) in [5.74, 6) is 0.288. The van der Waals surface area contributed by atoms with Crippen molar-refractivity contribution in [3.05, 3.63) is 47.7 Å². The second-order valence-electron chi connectivity index (χ2n) is 6.01. The minimum atomic E-state index is -2.47. The van der Waals surface area contributed by atoms with Gasteiger partial charge in [0.25, 0.3) is 6.43 Å². The molecule has 5 nitrogen and oxygen atoms in total. The van der Waals surface area contributed by atoms with Crippen molar-refractivity contribution in [2.24, 2.45) is 0 Å². The van der Waals surface area contributed by atoms with Crippen LogP contribution in [0.15, 0.2) is 36.5 Å². The number of rotatable bonds is 4. The highest BCUT2D eigenvalue weighted by molar-refractivity contribution is 5.88. The minimum absolute atomic E-state index is 0.0352. The number of urea groups is 1. The zero-order valence-electron chi connectivity index (χ0n) is 13.5. The predicted molar refractivity (Wildman–Crippen MR) is 87.1 cm³/mol. The predicted octanol–water partition coefficient (Wildman–Crippen LogP) is 3.83. The van der Waals surface area contributed by atoms with E-state index in [0.717, 1.165) is 28.7 Å². The monoisotopic (exact) mass is 334 g/mol. The first-order valence-electron chi connectivity index (χ1n) is 7.99. The van der Waals surface area contributed by atoms with Crippen LogP contribution in [0.5, 0.6) is 0 Å². The average molecular weight is 334 g/mol. The lowest BCUT2D eigenvalue weighted by atomic mass is 10.0. The lowest BCUT2D eigenvalue weighted by Crippen LogP contribution is -2.34. The molecule has 1 atom stereocenters. The van der Waals surface area contributed by atoms with Crippen molar-refractivity contribution in [3.63, 3.8) is 0 Å². The molecule has 1 fully saturated rings. The van der Waals surface area contributed by atoms with Crippen molar-refractivity contribution >= 4 is 11.8 Å². The van der Waals surface area contributed by atoms with Gasteiger partial charge in [-0.15, -0.1) is 0 Å². The first-order valence-corrected chi connectivity index (χ1v) is 7.99. The SMILES string of the molecule is Cc1cccc(C2CCCN2C(=O)Nc2ccn(CC(F)F)n2)c1. The smallest absolute Gasteiger partial charge is 0.317 e. The molecule has 0 bridgehead atoms. The number of carbonyl (C=O) groups excluding carboxylic acids is 1. The second-order valence-corrected chi connectivity index (χ2v) is 6.01. The van der Waals surface area contributed by atoms with E-state index in [1.54, 1.807) is 4.90 Å². The van der Waals surface area contributed by atoms with Crippen LogP contribution in [0, 0.1) is 6.92 Å². The van der Waals surface area contributed by atoms with E-state index < -0.39 is 13.0 Å². The Morgan fingerprint density at radius 1 is 1.42 bits per heavy atom. The Labute approximate surface area is 139 Å². The number of carbonyl (C=O) groups is 1. The maximum absolute atomic E-state index is 12.5. The molecule has 2 amide bonds. The Morgan fingerprint density at radius 3 is 3.00 bits per heavy atom. The molecular formula is C17H20F2N4O. The van der Waals surface area contributed by atoms with Crippen molar-refractivity contribution in [3.8, 4) is 0 Å². The van der Waals surface area contributed by atoms with Crippen LogP contribution in [0.25, 0.3) is 0 Å². The van der Waals surface area contributed by atoms with Crippen LogP contribution in [-0.4, -0.2) is 33.7 Å². The molecular weight excluding hydrogens is 314 g/mol. The summed E-state index contributed by atoms with van der Waals surface area (Å²) < 4.78 is 25.8. The van der Waals surface area contributed by atoms with E-state index in [9.17, 15) is 13.6 Å². The van der Waals surface area contributed by atoms with Gasteiger partial charge in [-0.2, -0.15) is 5.10 Å². The number of hydrogen-bond donors (Lipinski definition) is 1. The normalized spacial score (nSPS) is 17.5. The minimum Gasteiger partial charge on any atom is -0.317 e. The van der Waals surface area contributed by atoms with Crippen molar-refractivity contribution in [2.45, 2.75) is 38.8 Å². The molecule has 1 saturated heterocycles. The highest BCUT2D eigenvalue weighted by atomic mass is 19.3. The number of likely N-dealkylation sites (tertiary alicyclic amines) is 1. The van der Waals surface area contributed by atoms with Crippen LogP contribution in [-0.2, 0) is 6.54 Å². The molecule has 0 aliphatic carbocycles. The fraction of sp³-hybridized carbons (Fsp3) is 0.412. The fourth-order valence-electron chi connectivity index (χ4n) is 3.09. The number of halogens is 2. The summed E-state index contributed by atoms with van der Waals surface area (Å²) in [5, 5.41) is 6.65. The summed E-state index contributed by atoms with van der Waals surface area (Å²) in [4.78, 5) is 14.3. The topological polar surface area (TPSA) is 50.2 Å². The van der Waals surface area contributed by atoms with E-state index >= 15 is 0 Å². The Morgan fingerprint density at radius 2 is 2.25 bits per heavy atom. The number of benzene rings is 1. The second kappa shape index (κ2) is 6.98. The van der Waals surface area contributed by atoms with E-state index in [-0.39, 0.29) is 17.9 Å². The van der Waals surface area contributed by atoms with Crippen LogP contribution >= 0.6 is 0 Å². The van der Waals surface area contributed by atoms with E-state index in [1.807, 2.05) is 25.1 Å². The molecule has 0 spiro atoms. The number of alkyl halides is 2. The molecule has 0 saturated carbocycles. The highest BCUT2D eigenvalue weighted by Gasteiger charge is 2.30. The molecule has 2 heterocycles. The molecule has 1 aliphatic rings. The van der Waals surface area contributed by atoms with Crippen LogP contribution in [0.2, 0.25) is 0 Å². The number of aryl methyl sites for hydroxylation is 1. The zero-order chi connectivity index (χ0) is 17.1. The first kappa shape index (κ1) is 16.4. The molecule has 1 aromatic heterocycles. The summed E-state index contributed by atoms with van der Waals surface area (Å²) in [6.45, 7) is 2.21. The van der Waals surface area contributed by atoms with Crippen LogP contribution in [0.1, 0.15) is 30.0 Å². The molecule has 24 heavy (non-hydrogen) atoms. The molecule has 0 radical (unpaired) electrons. The van der Waals surface area contributed by atoms with Gasteiger partial charge in [-0.05, 0) is 25.3 Å². The summed E-state index contributed by atoms with van der Waals surface area (Å²) in [7, 11) is 0. The third kappa shape index (κ3) is 3.72. The highest BCUT2D eigenvalue weighted by Crippen LogP contribution is 2.32. The lowest BCUT2D eigenvalue weighted by Gasteiger charge is -2.25. The number of nitrogens with one attached hydrogen (secondary N) is 1. The van der Waals surface area contributed by atoms with Gasteiger partial charge in [-0.3, -0.25) is 10.00 Å². The van der Waals surface area contributed by atoms with E-state index in [1.165, 1.54) is 12.3 Å². The van der Waals surface area contributed by atoms with Crippen LogP contribution < -0.4 is 5.32 Å². The Hall–Kier alpha value is -2.44. The molecule has 1 N–H and O–H groups in total.